The molecule has 2 rings (SSSR count). The lowest BCUT2D eigenvalue weighted by Gasteiger charge is -2.27. The molecule has 0 saturated carbocycles. The molecule has 1 aromatic rings. The molecule has 0 aliphatic carbocycles. The lowest BCUT2D eigenvalue weighted by molar-refractivity contribution is -0.385. The predicted molar refractivity (Wildman–Crippen MR) is 80.0 cm³/mol. The van der Waals surface area contributed by atoms with Gasteiger partial charge >= 0.3 is 5.69 Å². The number of nitro groups is 1. The molecular formula is C14H21N3O4. The van der Waals surface area contributed by atoms with Crippen molar-refractivity contribution >= 4 is 11.4 Å². The molecule has 1 saturated heterocycles. The van der Waals surface area contributed by atoms with E-state index in [2.05, 4.69) is 5.32 Å². The molecule has 1 aliphatic heterocycles. The molecule has 1 aliphatic rings. The number of hydrogen-bond acceptors (Lipinski definition) is 6. The van der Waals surface area contributed by atoms with E-state index in [-0.39, 0.29) is 18.0 Å². The molecule has 1 aromatic carbocycles. The molecule has 1 fully saturated rings. The Kier molecular flexibility index (Phi) is 5.35. The lowest BCUT2D eigenvalue weighted by atomic mass is 10.1. The number of aliphatic hydroxyl groups excluding tert-OH is 1. The number of nitro benzene ring substituents is 1. The number of benzene rings is 1. The van der Waals surface area contributed by atoms with E-state index in [1.54, 1.807) is 18.2 Å². The fourth-order valence-corrected chi connectivity index (χ4v) is 2.72. The van der Waals surface area contributed by atoms with Crippen molar-refractivity contribution in [1.29, 1.82) is 0 Å². The van der Waals surface area contributed by atoms with E-state index in [1.807, 2.05) is 4.90 Å². The summed E-state index contributed by atoms with van der Waals surface area (Å²) in [7, 11) is 1.42. The Hall–Kier alpha value is -1.86. The van der Waals surface area contributed by atoms with Gasteiger partial charge in [0, 0.05) is 19.1 Å². The summed E-state index contributed by atoms with van der Waals surface area (Å²) in [5.74, 6) is 0.236. The minimum absolute atomic E-state index is 0.0496. The van der Waals surface area contributed by atoms with Crippen molar-refractivity contribution in [3.8, 4) is 5.75 Å². The van der Waals surface area contributed by atoms with Gasteiger partial charge in [-0.05, 0) is 31.5 Å². The SMILES string of the molecule is COc1cccc(N(CCO)CC2CCCN2)c1[N+](=O)[O-]. The van der Waals surface area contributed by atoms with Gasteiger partial charge in [0.2, 0.25) is 0 Å². The number of para-hydroxylation sites is 1. The van der Waals surface area contributed by atoms with Crippen molar-refractivity contribution in [3.05, 3.63) is 28.3 Å². The van der Waals surface area contributed by atoms with E-state index in [0.717, 1.165) is 19.4 Å². The quantitative estimate of drug-likeness (QED) is 0.579. The number of anilines is 1. The van der Waals surface area contributed by atoms with E-state index in [9.17, 15) is 15.2 Å². The highest BCUT2D eigenvalue weighted by molar-refractivity contribution is 5.69. The van der Waals surface area contributed by atoms with Crippen molar-refractivity contribution in [2.75, 3.05) is 38.3 Å². The van der Waals surface area contributed by atoms with E-state index in [1.165, 1.54) is 7.11 Å². The molecule has 0 bridgehead atoms. The largest absolute Gasteiger partial charge is 0.490 e. The van der Waals surface area contributed by atoms with Gasteiger partial charge < -0.3 is 20.1 Å². The number of nitrogens with zero attached hydrogens (tertiary/aromatic N) is 2. The highest BCUT2D eigenvalue weighted by Crippen LogP contribution is 2.37. The van der Waals surface area contributed by atoms with Crippen LogP contribution in [0.5, 0.6) is 5.75 Å². The van der Waals surface area contributed by atoms with Gasteiger partial charge in [0.15, 0.2) is 5.75 Å². The summed E-state index contributed by atoms with van der Waals surface area (Å²) >= 11 is 0. The summed E-state index contributed by atoms with van der Waals surface area (Å²) in [6, 6.07) is 5.30. The molecule has 1 atom stereocenters. The van der Waals surface area contributed by atoms with Crippen LogP contribution >= 0.6 is 0 Å². The molecule has 21 heavy (non-hydrogen) atoms. The summed E-state index contributed by atoms with van der Waals surface area (Å²) in [5.41, 5.74) is 0.438. The molecule has 7 nitrogen and oxygen atoms in total. The number of methoxy groups -OCH3 is 1. The summed E-state index contributed by atoms with van der Waals surface area (Å²) < 4.78 is 5.10. The first-order chi connectivity index (χ1) is 10.2. The molecule has 1 heterocycles. The fraction of sp³-hybridized carbons (Fsp3) is 0.571. The van der Waals surface area contributed by atoms with Crippen LogP contribution in [-0.4, -0.2) is 49.4 Å². The molecule has 0 radical (unpaired) electrons. The van der Waals surface area contributed by atoms with E-state index < -0.39 is 4.92 Å². The van der Waals surface area contributed by atoms with Crippen LogP contribution < -0.4 is 15.0 Å². The summed E-state index contributed by atoms with van der Waals surface area (Å²) in [4.78, 5) is 12.8. The molecule has 0 spiro atoms. The van der Waals surface area contributed by atoms with Crippen LogP contribution in [-0.2, 0) is 0 Å². The minimum atomic E-state index is -0.430. The van der Waals surface area contributed by atoms with Crippen LogP contribution in [0.2, 0.25) is 0 Å². The number of ether oxygens (including phenoxy) is 1. The number of hydrogen-bond donors (Lipinski definition) is 2. The van der Waals surface area contributed by atoms with Crippen molar-refractivity contribution in [2.45, 2.75) is 18.9 Å². The van der Waals surface area contributed by atoms with E-state index in [4.69, 9.17) is 4.74 Å². The fourth-order valence-electron chi connectivity index (χ4n) is 2.72. The Morgan fingerprint density at radius 2 is 2.38 bits per heavy atom. The zero-order valence-corrected chi connectivity index (χ0v) is 12.1. The minimum Gasteiger partial charge on any atom is -0.490 e. The average molecular weight is 295 g/mol. The third-order valence-electron chi connectivity index (χ3n) is 3.69. The third-order valence-corrected chi connectivity index (χ3v) is 3.69. The molecule has 7 heteroatoms. The number of rotatable bonds is 7. The summed E-state index contributed by atoms with van der Waals surface area (Å²) in [6.07, 6.45) is 2.15. The van der Waals surface area contributed by atoms with Crippen LogP contribution in [0.1, 0.15) is 12.8 Å². The first-order valence-electron chi connectivity index (χ1n) is 7.08. The maximum absolute atomic E-state index is 11.4. The van der Waals surface area contributed by atoms with E-state index >= 15 is 0 Å². The smallest absolute Gasteiger partial charge is 0.333 e. The topological polar surface area (TPSA) is 87.9 Å². The van der Waals surface area contributed by atoms with Gasteiger partial charge in [-0.1, -0.05) is 6.07 Å². The molecule has 1 unspecified atom stereocenters. The van der Waals surface area contributed by atoms with Crippen LogP contribution in [0.3, 0.4) is 0 Å². The normalized spacial score (nSPS) is 17.7. The molecule has 0 amide bonds. The molecule has 0 aromatic heterocycles. The highest BCUT2D eigenvalue weighted by atomic mass is 16.6. The molecular weight excluding hydrogens is 274 g/mol. The zero-order valence-electron chi connectivity index (χ0n) is 12.1. The first-order valence-corrected chi connectivity index (χ1v) is 7.08. The second-order valence-corrected chi connectivity index (χ2v) is 5.05. The summed E-state index contributed by atoms with van der Waals surface area (Å²) in [5, 5.41) is 24.0. The van der Waals surface area contributed by atoms with Crippen molar-refractivity contribution in [3.63, 3.8) is 0 Å². The third kappa shape index (κ3) is 3.62. The van der Waals surface area contributed by atoms with Gasteiger partial charge in [0.05, 0.1) is 18.6 Å². The summed E-state index contributed by atoms with van der Waals surface area (Å²) in [6.45, 7) is 1.90. The standard InChI is InChI=1S/C14H21N3O4/c1-21-13-6-2-5-12(14(13)17(19)20)16(8-9-18)10-11-4-3-7-15-11/h2,5-6,11,15,18H,3-4,7-10H2,1H3. The Morgan fingerprint density at radius 1 is 1.57 bits per heavy atom. The Bertz CT molecular complexity index is 489. The average Bonchev–Trinajstić information content (AvgIpc) is 2.98. The Morgan fingerprint density at radius 3 is 2.95 bits per heavy atom. The molecule has 2 N–H and O–H groups in total. The van der Waals surface area contributed by atoms with Crippen LogP contribution in [0.25, 0.3) is 0 Å². The van der Waals surface area contributed by atoms with Crippen LogP contribution in [0.4, 0.5) is 11.4 Å². The second kappa shape index (κ2) is 7.24. The van der Waals surface area contributed by atoms with Gasteiger partial charge in [-0.25, -0.2) is 0 Å². The van der Waals surface area contributed by atoms with Gasteiger partial charge in [-0.3, -0.25) is 10.1 Å². The highest BCUT2D eigenvalue weighted by Gasteiger charge is 2.26. The Labute approximate surface area is 123 Å². The van der Waals surface area contributed by atoms with Crippen molar-refractivity contribution in [1.82, 2.24) is 5.32 Å². The van der Waals surface area contributed by atoms with Gasteiger partial charge in [-0.2, -0.15) is 0 Å². The Balaban J connectivity index is 2.31. The van der Waals surface area contributed by atoms with E-state index in [0.29, 0.717) is 24.8 Å². The molecule has 116 valence electrons. The van der Waals surface area contributed by atoms with Crippen LogP contribution in [0, 0.1) is 10.1 Å². The maximum atomic E-state index is 11.4. The zero-order chi connectivity index (χ0) is 15.2. The number of nitrogens with one attached hydrogen (secondary N) is 1. The van der Waals surface area contributed by atoms with Crippen molar-refractivity contribution < 1.29 is 14.8 Å². The van der Waals surface area contributed by atoms with Crippen LogP contribution in [0.15, 0.2) is 18.2 Å². The predicted octanol–water partition coefficient (Wildman–Crippen LogP) is 1.15. The maximum Gasteiger partial charge on any atom is 0.333 e. The van der Waals surface area contributed by atoms with Gasteiger partial charge in [0.25, 0.3) is 0 Å². The monoisotopic (exact) mass is 295 g/mol. The number of aliphatic hydroxyl groups is 1. The van der Waals surface area contributed by atoms with Crippen molar-refractivity contribution in [2.24, 2.45) is 0 Å². The second-order valence-electron chi connectivity index (χ2n) is 5.05. The lowest BCUT2D eigenvalue weighted by Crippen LogP contribution is -2.39. The first kappa shape index (κ1) is 15.5. The van der Waals surface area contributed by atoms with Gasteiger partial charge in [-0.15, -0.1) is 0 Å². The van der Waals surface area contributed by atoms with Gasteiger partial charge in [0.1, 0.15) is 5.69 Å².